The maximum atomic E-state index is 11.6. The third kappa shape index (κ3) is 4.52. The fraction of sp³-hybridized carbons (Fsp3) is 0.333. The van der Waals surface area contributed by atoms with E-state index in [4.69, 9.17) is 15.2 Å². The van der Waals surface area contributed by atoms with E-state index in [1.54, 1.807) is 18.3 Å². The molecule has 1 aromatic heterocycles. The Morgan fingerprint density at radius 2 is 2.14 bits per heavy atom. The first kappa shape index (κ1) is 14.9. The Morgan fingerprint density at radius 1 is 1.33 bits per heavy atom. The molecule has 112 valence electrons. The Labute approximate surface area is 123 Å². The highest BCUT2D eigenvalue weighted by molar-refractivity contribution is 5.69. The molecule has 0 radical (unpaired) electrons. The summed E-state index contributed by atoms with van der Waals surface area (Å²) < 4.78 is 12.5. The molecule has 6 heteroatoms. The molecule has 0 atom stereocenters. The van der Waals surface area contributed by atoms with Gasteiger partial charge in [0.25, 0.3) is 0 Å². The van der Waals surface area contributed by atoms with Crippen molar-refractivity contribution in [3.05, 3.63) is 42.5 Å². The monoisotopic (exact) mass is 289 g/mol. The molecular weight excluding hydrogens is 270 g/mol. The van der Waals surface area contributed by atoms with Crippen molar-refractivity contribution in [2.45, 2.75) is 19.9 Å². The number of nitrogens with two attached hydrogens (primary N) is 1. The third-order valence-corrected chi connectivity index (χ3v) is 3.00. The number of carbonyl (C=O) groups excluding carboxylic acids is 1. The van der Waals surface area contributed by atoms with Crippen molar-refractivity contribution in [2.24, 2.45) is 0 Å². The molecule has 1 aromatic carbocycles. The van der Waals surface area contributed by atoms with Crippen LogP contribution in [0.25, 0.3) is 0 Å². The fourth-order valence-corrected chi connectivity index (χ4v) is 1.83. The first-order valence-corrected chi connectivity index (χ1v) is 6.77. The number of para-hydroxylation sites is 2. The Hall–Kier alpha value is -2.50. The van der Waals surface area contributed by atoms with E-state index in [1.165, 1.54) is 0 Å². The van der Waals surface area contributed by atoms with Gasteiger partial charge in [0.15, 0.2) is 0 Å². The van der Waals surface area contributed by atoms with E-state index < -0.39 is 0 Å². The molecule has 0 saturated carbocycles. The summed E-state index contributed by atoms with van der Waals surface area (Å²) in [5.74, 6) is 1.19. The zero-order valence-electron chi connectivity index (χ0n) is 12.0. The van der Waals surface area contributed by atoms with Gasteiger partial charge >= 0.3 is 5.97 Å². The summed E-state index contributed by atoms with van der Waals surface area (Å²) in [7, 11) is 0. The molecule has 0 bridgehead atoms. The van der Waals surface area contributed by atoms with Crippen LogP contribution in [-0.2, 0) is 16.1 Å². The molecule has 0 aliphatic rings. The molecule has 0 aliphatic carbocycles. The van der Waals surface area contributed by atoms with Gasteiger partial charge in [0, 0.05) is 12.4 Å². The molecule has 21 heavy (non-hydrogen) atoms. The summed E-state index contributed by atoms with van der Waals surface area (Å²) in [6, 6.07) is 7.18. The topological polar surface area (TPSA) is 79.4 Å². The van der Waals surface area contributed by atoms with Crippen LogP contribution in [0.1, 0.15) is 12.2 Å². The fourth-order valence-electron chi connectivity index (χ4n) is 1.83. The minimum Gasteiger partial charge on any atom is -0.491 e. The number of hydrogen-bond acceptors (Lipinski definition) is 5. The lowest BCUT2D eigenvalue weighted by Crippen LogP contribution is -2.14. The highest BCUT2D eigenvalue weighted by Gasteiger charge is 2.05. The predicted molar refractivity (Wildman–Crippen MR) is 78.9 cm³/mol. The van der Waals surface area contributed by atoms with Crippen molar-refractivity contribution in [1.29, 1.82) is 0 Å². The van der Waals surface area contributed by atoms with Crippen molar-refractivity contribution in [2.75, 3.05) is 18.9 Å². The first-order valence-electron chi connectivity index (χ1n) is 6.77. The van der Waals surface area contributed by atoms with Gasteiger partial charge in [-0.15, -0.1) is 0 Å². The zero-order chi connectivity index (χ0) is 15.1. The van der Waals surface area contributed by atoms with Gasteiger partial charge < -0.3 is 19.8 Å². The number of carbonyl (C=O) groups is 1. The van der Waals surface area contributed by atoms with E-state index in [9.17, 15) is 4.79 Å². The van der Waals surface area contributed by atoms with Gasteiger partial charge in [-0.05, 0) is 19.1 Å². The number of esters is 1. The largest absolute Gasteiger partial charge is 0.491 e. The van der Waals surface area contributed by atoms with Crippen LogP contribution < -0.4 is 10.5 Å². The Kier molecular flexibility index (Phi) is 5.20. The van der Waals surface area contributed by atoms with Crippen molar-refractivity contribution in [3.8, 4) is 5.75 Å². The van der Waals surface area contributed by atoms with Crippen LogP contribution in [-0.4, -0.2) is 28.7 Å². The molecular formula is C15H19N3O3. The number of imidazole rings is 1. The molecule has 2 N–H and O–H groups in total. The summed E-state index contributed by atoms with van der Waals surface area (Å²) in [5.41, 5.74) is 6.29. The second-order valence-corrected chi connectivity index (χ2v) is 4.52. The van der Waals surface area contributed by atoms with E-state index in [2.05, 4.69) is 4.98 Å². The highest BCUT2D eigenvalue weighted by atomic mass is 16.5. The van der Waals surface area contributed by atoms with Gasteiger partial charge in [-0.2, -0.15) is 0 Å². The number of benzene rings is 1. The van der Waals surface area contributed by atoms with Gasteiger partial charge in [0.1, 0.15) is 18.2 Å². The second kappa shape index (κ2) is 7.33. The molecule has 0 unspecified atom stereocenters. The van der Waals surface area contributed by atoms with Crippen LogP contribution in [0, 0.1) is 6.92 Å². The van der Waals surface area contributed by atoms with Crippen LogP contribution in [0.4, 0.5) is 5.69 Å². The molecule has 0 saturated heterocycles. The molecule has 2 rings (SSSR count). The van der Waals surface area contributed by atoms with Gasteiger partial charge in [-0.3, -0.25) is 4.79 Å². The van der Waals surface area contributed by atoms with E-state index in [-0.39, 0.29) is 19.0 Å². The van der Waals surface area contributed by atoms with E-state index >= 15 is 0 Å². The Balaban J connectivity index is 1.64. The molecule has 0 fully saturated rings. The van der Waals surface area contributed by atoms with Crippen LogP contribution in [0.15, 0.2) is 36.7 Å². The summed E-state index contributed by atoms with van der Waals surface area (Å²) in [6.45, 7) is 3.07. The van der Waals surface area contributed by atoms with Crippen molar-refractivity contribution in [3.63, 3.8) is 0 Å². The Morgan fingerprint density at radius 3 is 2.86 bits per heavy atom. The summed E-state index contributed by atoms with van der Waals surface area (Å²) in [6.07, 6.45) is 3.76. The summed E-state index contributed by atoms with van der Waals surface area (Å²) in [5, 5.41) is 0. The zero-order valence-corrected chi connectivity index (χ0v) is 12.0. The molecule has 0 amide bonds. The number of aromatic nitrogens is 2. The van der Waals surface area contributed by atoms with E-state index in [0.29, 0.717) is 24.6 Å². The molecule has 0 spiro atoms. The second-order valence-electron chi connectivity index (χ2n) is 4.52. The smallest absolute Gasteiger partial charge is 0.309 e. The van der Waals surface area contributed by atoms with Crippen LogP contribution in [0.5, 0.6) is 5.75 Å². The lowest BCUT2D eigenvalue weighted by atomic mass is 10.3. The standard InChI is InChI=1S/C15H19N3O3/c1-12-17-7-8-18(12)9-11-21-15(19)6-10-20-14-5-3-2-4-13(14)16/h2-5,7-8H,6,9-11,16H2,1H3. The Bertz CT molecular complexity index is 595. The van der Waals surface area contributed by atoms with Crippen LogP contribution >= 0.6 is 0 Å². The molecule has 1 heterocycles. The number of rotatable bonds is 7. The SMILES string of the molecule is Cc1nccn1CCOC(=O)CCOc1ccccc1N. The molecule has 6 nitrogen and oxygen atoms in total. The minimum absolute atomic E-state index is 0.192. The lowest BCUT2D eigenvalue weighted by molar-refractivity contribution is -0.144. The van der Waals surface area contributed by atoms with Gasteiger partial charge in [0.05, 0.1) is 25.3 Å². The average Bonchev–Trinajstić information content (AvgIpc) is 2.87. The first-order chi connectivity index (χ1) is 10.2. The van der Waals surface area contributed by atoms with Gasteiger partial charge in [-0.25, -0.2) is 4.98 Å². The van der Waals surface area contributed by atoms with Gasteiger partial charge in [-0.1, -0.05) is 12.1 Å². The van der Waals surface area contributed by atoms with E-state index in [1.807, 2.05) is 29.8 Å². The van der Waals surface area contributed by atoms with Gasteiger partial charge in [0.2, 0.25) is 0 Å². The maximum absolute atomic E-state index is 11.6. The number of aryl methyl sites for hydroxylation is 1. The van der Waals surface area contributed by atoms with Crippen LogP contribution in [0.3, 0.4) is 0 Å². The van der Waals surface area contributed by atoms with Crippen LogP contribution in [0.2, 0.25) is 0 Å². The predicted octanol–water partition coefficient (Wildman–Crippen LogP) is 1.79. The van der Waals surface area contributed by atoms with Crippen molar-refractivity contribution >= 4 is 11.7 Å². The van der Waals surface area contributed by atoms with E-state index in [0.717, 1.165) is 5.82 Å². The minimum atomic E-state index is -0.290. The summed E-state index contributed by atoms with van der Waals surface area (Å²) >= 11 is 0. The number of hydrogen-bond donors (Lipinski definition) is 1. The number of nitrogen functional groups attached to an aromatic ring is 1. The number of anilines is 1. The quantitative estimate of drug-likeness (QED) is 0.621. The van der Waals surface area contributed by atoms with Crippen molar-refractivity contribution < 1.29 is 14.3 Å². The third-order valence-electron chi connectivity index (χ3n) is 3.00. The average molecular weight is 289 g/mol. The number of ether oxygens (including phenoxy) is 2. The number of nitrogens with zero attached hydrogens (tertiary/aromatic N) is 2. The maximum Gasteiger partial charge on any atom is 0.309 e. The molecule has 2 aromatic rings. The summed E-state index contributed by atoms with van der Waals surface area (Å²) in [4.78, 5) is 15.7. The lowest BCUT2D eigenvalue weighted by Gasteiger charge is -2.09. The van der Waals surface area contributed by atoms with Crippen molar-refractivity contribution in [1.82, 2.24) is 9.55 Å². The normalized spacial score (nSPS) is 10.3. The highest BCUT2D eigenvalue weighted by Crippen LogP contribution is 2.19. The molecule has 0 aliphatic heterocycles.